The summed E-state index contributed by atoms with van der Waals surface area (Å²) in [6.45, 7) is 1.80. The molecule has 72 valence electrons. The zero-order chi connectivity index (χ0) is 10.1. The molecule has 0 saturated heterocycles. The van der Waals surface area contributed by atoms with Gasteiger partial charge in [-0.3, -0.25) is 4.79 Å². The Labute approximate surface area is 85.9 Å². The Morgan fingerprint density at radius 1 is 1.29 bits per heavy atom. The summed E-state index contributed by atoms with van der Waals surface area (Å²) in [5.41, 5.74) is 1.42. The van der Waals surface area contributed by atoms with E-state index in [1.165, 1.54) is 11.8 Å². The van der Waals surface area contributed by atoms with Crippen molar-refractivity contribution in [1.82, 2.24) is 0 Å². The summed E-state index contributed by atoms with van der Waals surface area (Å²) in [5.74, 6) is 0. The third kappa shape index (κ3) is 1.34. The van der Waals surface area contributed by atoms with E-state index < -0.39 is 0 Å². The predicted octanol–water partition coefficient (Wildman–Crippen LogP) is 2.82. The third-order valence-corrected chi connectivity index (χ3v) is 2.93. The van der Waals surface area contributed by atoms with E-state index in [-0.39, 0.29) is 5.43 Å². The van der Waals surface area contributed by atoms with Gasteiger partial charge in [0.25, 0.3) is 0 Å². The highest BCUT2D eigenvalue weighted by atomic mass is 32.2. The van der Waals surface area contributed by atoms with Crippen LogP contribution < -0.4 is 5.43 Å². The SMILES string of the molecule is CSc1oc2ccccc2c(=O)c1C. The Morgan fingerprint density at radius 3 is 2.71 bits per heavy atom. The summed E-state index contributed by atoms with van der Waals surface area (Å²) in [6, 6.07) is 7.32. The van der Waals surface area contributed by atoms with Crippen molar-refractivity contribution < 1.29 is 4.42 Å². The van der Waals surface area contributed by atoms with Crippen molar-refractivity contribution in [3.8, 4) is 0 Å². The highest BCUT2D eigenvalue weighted by Crippen LogP contribution is 2.21. The number of hydrogen-bond donors (Lipinski definition) is 0. The van der Waals surface area contributed by atoms with Gasteiger partial charge in [0.05, 0.1) is 5.39 Å². The van der Waals surface area contributed by atoms with Crippen molar-refractivity contribution in [2.75, 3.05) is 6.26 Å². The molecule has 0 aliphatic carbocycles. The minimum Gasteiger partial charge on any atom is -0.449 e. The van der Waals surface area contributed by atoms with Gasteiger partial charge in [-0.25, -0.2) is 0 Å². The van der Waals surface area contributed by atoms with Crippen LogP contribution in [-0.4, -0.2) is 6.26 Å². The fraction of sp³-hybridized carbons (Fsp3) is 0.182. The first-order chi connectivity index (χ1) is 6.74. The smallest absolute Gasteiger partial charge is 0.196 e. The maximum atomic E-state index is 11.8. The monoisotopic (exact) mass is 206 g/mol. The lowest BCUT2D eigenvalue weighted by atomic mass is 10.2. The lowest BCUT2D eigenvalue weighted by Crippen LogP contribution is -2.06. The zero-order valence-electron chi connectivity index (χ0n) is 8.03. The lowest BCUT2D eigenvalue weighted by Gasteiger charge is -2.02. The standard InChI is InChI=1S/C11H10O2S/c1-7-10(12)8-5-3-4-6-9(8)13-11(7)14-2/h3-6H,1-2H3. The molecule has 2 rings (SSSR count). The number of benzene rings is 1. The average molecular weight is 206 g/mol. The quantitative estimate of drug-likeness (QED) is 0.672. The molecule has 0 spiro atoms. The highest BCUT2D eigenvalue weighted by molar-refractivity contribution is 7.98. The van der Waals surface area contributed by atoms with Gasteiger partial charge in [0.15, 0.2) is 10.5 Å². The zero-order valence-corrected chi connectivity index (χ0v) is 8.85. The van der Waals surface area contributed by atoms with Crippen LogP contribution in [0.4, 0.5) is 0 Å². The molecule has 3 heteroatoms. The van der Waals surface area contributed by atoms with Crippen LogP contribution in [0.25, 0.3) is 11.0 Å². The number of rotatable bonds is 1. The van der Waals surface area contributed by atoms with Gasteiger partial charge < -0.3 is 4.42 Å². The first kappa shape index (κ1) is 9.34. The molecule has 1 aromatic heterocycles. The van der Waals surface area contributed by atoms with Crippen LogP contribution in [0.1, 0.15) is 5.56 Å². The second-order valence-corrected chi connectivity index (χ2v) is 3.82. The predicted molar refractivity (Wildman–Crippen MR) is 59.0 cm³/mol. The van der Waals surface area contributed by atoms with E-state index in [0.29, 0.717) is 21.6 Å². The molecule has 0 unspecified atom stereocenters. The van der Waals surface area contributed by atoms with Crippen LogP contribution in [0.5, 0.6) is 0 Å². The molecule has 0 fully saturated rings. The topological polar surface area (TPSA) is 30.2 Å². The maximum Gasteiger partial charge on any atom is 0.196 e. The molecule has 2 aromatic rings. The Bertz CT molecular complexity index is 528. The molecule has 0 aliphatic heterocycles. The lowest BCUT2D eigenvalue weighted by molar-refractivity contribution is 0.493. The minimum absolute atomic E-state index is 0.0659. The molecule has 0 radical (unpaired) electrons. The molecule has 0 N–H and O–H groups in total. The Kier molecular flexibility index (Phi) is 2.33. The number of para-hydroxylation sites is 1. The van der Waals surface area contributed by atoms with Crippen LogP contribution in [0.15, 0.2) is 38.6 Å². The molecular formula is C11H10O2S. The van der Waals surface area contributed by atoms with Crippen molar-refractivity contribution >= 4 is 22.7 Å². The van der Waals surface area contributed by atoms with Crippen molar-refractivity contribution in [1.29, 1.82) is 0 Å². The van der Waals surface area contributed by atoms with Crippen molar-refractivity contribution in [2.24, 2.45) is 0 Å². The second kappa shape index (κ2) is 3.50. The first-order valence-electron chi connectivity index (χ1n) is 4.30. The molecule has 1 aromatic carbocycles. The van der Waals surface area contributed by atoms with Gasteiger partial charge in [0, 0.05) is 5.56 Å². The van der Waals surface area contributed by atoms with Crippen LogP contribution in [-0.2, 0) is 0 Å². The molecule has 0 bridgehead atoms. The number of fused-ring (bicyclic) bond motifs is 1. The fourth-order valence-electron chi connectivity index (χ4n) is 1.41. The van der Waals surface area contributed by atoms with Crippen molar-refractivity contribution in [3.63, 3.8) is 0 Å². The van der Waals surface area contributed by atoms with Gasteiger partial charge >= 0.3 is 0 Å². The van der Waals surface area contributed by atoms with Crippen molar-refractivity contribution in [2.45, 2.75) is 12.0 Å². The summed E-state index contributed by atoms with van der Waals surface area (Å²) in [5, 5.41) is 1.36. The van der Waals surface area contributed by atoms with Gasteiger partial charge in [-0.2, -0.15) is 0 Å². The average Bonchev–Trinajstić information content (AvgIpc) is 2.23. The molecule has 0 aliphatic rings. The Morgan fingerprint density at radius 2 is 2.00 bits per heavy atom. The normalized spacial score (nSPS) is 10.7. The number of thioether (sulfide) groups is 1. The van der Waals surface area contributed by atoms with Crippen LogP contribution in [0.2, 0.25) is 0 Å². The van der Waals surface area contributed by atoms with E-state index in [0.717, 1.165) is 0 Å². The minimum atomic E-state index is 0.0659. The molecule has 0 amide bonds. The largest absolute Gasteiger partial charge is 0.449 e. The van der Waals surface area contributed by atoms with E-state index in [4.69, 9.17) is 4.42 Å². The Hall–Kier alpha value is -1.22. The van der Waals surface area contributed by atoms with Gasteiger partial charge in [-0.05, 0) is 25.3 Å². The van der Waals surface area contributed by atoms with E-state index in [2.05, 4.69) is 0 Å². The van der Waals surface area contributed by atoms with Gasteiger partial charge in [-0.1, -0.05) is 23.9 Å². The van der Waals surface area contributed by atoms with Crippen LogP contribution >= 0.6 is 11.8 Å². The summed E-state index contributed by atoms with van der Waals surface area (Å²) in [4.78, 5) is 11.8. The van der Waals surface area contributed by atoms with Crippen LogP contribution in [0, 0.1) is 6.92 Å². The van der Waals surface area contributed by atoms with E-state index in [1.54, 1.807) is 13.0 Å². The van der Waals surface area contributed by atoms with Gasteiger partial charge in [0.1, 0.15) is 5.58 Å². The molecule has 1 heterocycles. The molecule has 0 atom stereocenters. The van der Waals surface area contributed by atoms with Crippen LogP contribution in [0.3, 0.4) is 0 Å². The Balaban J connectivity index is 2.92. The van der Waals surface area contributed by atoms with Gasteiger partial charge in [-0.15, -0.1) is 0 Å². The fourth-order valence-corrected chi connectivity index (χ4v) is 1.98. The third-order valence-electron chi connectivity index (χ3n) is 2.17. The molecule has 14 heavy (non-hydrogen) atoms. The maximum absolute atomic E-state index is 11.8. The summed E-state index contributed by atoms with van der Waals surface area (Å²) < 4.78 is 5.59. The molecule has 0 saturated carbocycles. The van der Waals surface area contributed by atoms with E-state index >= 15 is 0 Å². The molecular weight excluding hydrogens is 196 g/mol. The van der Waals surface area contributed by atoms with Gasteiger partial charge in [0.2, 0.25) is 0 Å². The number of hydrogen-bond acceptors (Lipinski definition) is 3. The summed E-state index contributed by atoms with van der Waals surface area (Å²) in [6.07, 6.45) is 1.90. The van der Waals surface area contributed by atoms with E-state index in [1.807, 2.05) is 24.5 Å². The highest BCUT2D eigenvalue weighted by Gasteiger charge is 2.08. The van der Waals surface area contributed by atoms with Crippen molar-refractivity contribution in [3.05, 3.63) is 40.1 Å². The summed E-state index contributed by atoms with van der Waals surface area (Å²) >= 11 is 1.46. The van der Waals surface area contributed by atoms with E-state index in [9.17, 15) is 4.79 Å². The summed E-state index contributed by atoms with van der Waals surface area (Å²) in [7, 11) is 0. The first-order valence-corrected chi connectivity index (χ1v) is 5.53. The molecule has 2 nitrogen and oxygen atoms in total. The second-order valence-electron chi connectivity index (χ2n) is 3.04.